The molecule has 0 spiro atoms. The highest BCUT2D eigenvalue weighted by atomic mass is 16.5. The molecule has 2 rings (SSSR count). The van der Waals surface area contributed by atoms with E-state index >= 15 is 0 Å². The highest BCUT2D eigenvalue weighted by Crippen LogP contribution is 2.31. The third-order valence-electron chi connectivity index (χ3n) is 3.33. The van der Waals surface area contributed by atoms with Crippen LogP contribution in [0.15, 0.2) is 0 Å². The molecule has 1 saturated heterocycles. The fourth-order valence-corrected chi connectivity index (χ4v) is 2.68. The predicted octanol–water partition coefficient (Wildman–Crippen LogP) is 0.480. The first-order valence-electron chi connectivity index (χ1n) is 5.34. The van der Waals surface area contributed by atoms with Crippen LogP contribution in [0.4, 0.5) is 0 Å². The molecule has 13 heavy (non-hydrogen) atoms. The summed E-state index contributed by atoms with van der Waals surface area (Å²) in [4.78, 5) is 2.41. The van der Waals surface area contributed by atoms with Crippen molar-refractivity contribution in [2.45, 2.75) is 25.3 Å². The van der Waals surface area contributed by atoms with Gasteiger partial charge in [0.05, 0.1) is 19.8 Å². The topological polar surface area (TPSA) is 32.7 Å². The zero-order valence-electron chi connectivity index (χ0n) is 8.11. The summed E-state index contributed by atoms with van der Waals surface area (Å²) in [5.74, 6) is 0.731. The Morgan fingerprint density at radius 1 is 1.38 bits per heavy atom. The van der Waals surface area contributed by atoms with E-state index in [0.29, 0.717) is 6.04 Å². The van der Waals surface area contributed by atoms with Crippen molar-refractivity contribution in [3.63, 3.8) is 0 Å². The van der Waals surface area contributed by atoms with Crippen LogP contribution in [-0.4, -0.2) is 49.0 Å². The number of hydrogen-bond donors (Lipinski definition) is 1. The minimum absolute atomic E-state index is 0.281. The summed E-state index contributed by atoms with van der Waals surface area (Å²) in [6.45, 7) is 3.88. The van der Waals surface area contributed by atoms with Crippen molar-refractivity contribution in [2.24, 2.45) is 5.92 Å². The van der Waals surface area contributed by atoms with Crippen molar-refractivity contribution in [1.29, 1.82) is 0 Å². The van der Waals surface area contributed by atoms with Gasteiger partial charge in [-0.3, -0.25) is 4.90 Å². The maximum atomic E-state index is 8.95. The van der Waals surface area contributed by atoms with E-state index < -0.39 is 0 Å². The van der Waals surface area contributed by atoms with Gasteiger partial charge in [0.2, 0.25) is 0 Å². The summed E-state index contributed by atoms with van der Waals surface area (Å²) in [6.07, 6.45) is 3.95. The fourth-order valence-electron chi connectivity index (χ4n) is 2.68. The first-order chi connectivity index (χ1) is 6.42. The Balaban J connectivity index is 1.98. The molecule has 3 nitrogen and oxygen atoms in total. The van der Waals surface area contributed by atoms with Crippen LogP contribution in [0.2, 0.25) is 0 Å². The number of β-amino-alcohol motifs (C(OH)–C–C–N with tert-alkyl or cyclic N) is 1. The Hall–Kier alpha value is -0.120. The lowest BCUT2D eigenvalue weighted by Gasteiger charge is -2.28. The van der Waals surface area contributed by atoms with Crippen molar-refractivity contribution in [3.8, 4) is 0 Å². The molecule has 1 heterocycles. The van der Waals surface area contributed by atoms with Crippen LogP contribution in [-0.2, 0) is 4.74 Å². The van der Waals surface area contributed by atoms with Crippen molar-refractivity contribution < 1.29 is 9.84 Å². The van der Waals surface area contributed by atoms with Gasteiger partial charge < -0.3 is 9.84 Å². The van der Waals surface area contributed by atoms with E-state index in [1.54, 1.807) is 0 Å². The van der Waals surface area contributed by atoms with Gasteiger partial charge in [-0.1, -0.05) is 6.42 Å². The maximum Gasteiger partial charge on any atom is 0.0593 e. The molecule has 1 aliphatic carbocycles. The zero-order chi connectivity index (χ0) is 9.10. The minimum Gasteiger partial charge on any atom is -0.395 e. The molecule has 1 saturated carbocycles. The predicted molar refractivity (Wildman–Crippen MR) is 50.6 cm³/mol. The second kappa shape index (κ2) is 4.40. The van der Waals surface area contributed by atoms with Gasteiger partial charge in [-0.05, 0) is 18.8 Å². The molecular weight excluding hydrogens is 166 g/mol. The van der Waals surface area contributed by atoms with Gasteiger partial charge >= 0.3 is 0 Å². The summed E-state index contributed by atoms with van der Waals surface area (Å²) in [7, 11) is 0. The number of aliphatic hydroxyl groups is 1. The van der Waals surface area contributed by atoms with Gasteiger partial charge in [0.15, 0.2) is 0 Å². The monoisotopic (exact) mass is 185 g/mol. The normalized spacial score (nSPS) is 35.8. The number of ether oxygens (including phenoxy) is 1. The summed E-state index contributed by atoms with van der Waals surface area (Å²) < 4.78 is 5.56. The smallest absolute Gasteiger partial charge is 0.0593 e. The Morgan fingerprint density at radius 3 is 3.15 bits per heavy atom. The molecule has 0 aromatic heterocycles. The Bertz CT molecular complexity index is 163. The van der Waals surface area contributed by atoms with Crippen molar-refractivity contribution in [2.75, 3.05) is 32.9 Å². The average molecular weight is 185 g/mol. The molecule has 2 atom stereocenters. The number of aliphatic hydroxyl groups excluding tert-OH is 1. The van der Waals surface area contributed by atoms with E-state index in [-0.39, 0.29) is 6.61 Å². The van der Waals surface area contributed by atoms with E-state index in [0.717, 1.165) is 32.2 Å². The van der Waals surface area contributed by atoms with E-state index in [2.05, 4.69) is 4.90 Å². The molecule has 76 valence electrons. The van der Waals surface area contributed by atoms with Crippen molar-refractivity contribution in [3.05, 3.63) is 0 Å². The number of nitrogens with zero attached hydrogens (tertiary/aromatic N) is 1. The number of rotatable bonds is 2. The number of hydrogen-bond acceptors (Lipinski definition) is 3. The van der Waals surface area contributed by atoms with Gasteiger partial charge in [0, 0.05) is 19.1 Å². The van der Waals surface area contributed by atoms with Gasteiger partial charge in [-0.25, -0.2) is 0 Å². The summed E-state index contributed by atoms with van der Waals surface area (Å²) in [5.41, 5.74) is 0. The lowest BCUT2D eigenvalue weighted by Crippen LogP contribution is -2.39. The van der Waals surface area contributed by atoms with E-state index in [9.17, 15) is 0 Å². The molecule has 0 unspecified atom stereocenters. The van der Waals surface area contributed by atoms with Gasteiger partial charge in [-0.2, -0.15) is 0 Å². The molecular formula is C10H19NO2. The highest BCUT2D eigenvalue weighted by Gasteiger charge is 2.33. The molecule has 1 aliphatic heterocycles. The average Bonchev–Trinajstić information content (AvgIpc) is 2.52. The molecule has 3 heteroatoms. The Morgan fingerprint density at radius 2 is 2.31 bits per heavy atom. The van der Waals surface area contributed by atoms with Crippen LogP contribution in [0.5, 0.6) is 0 Å². The van der Waals surface area contributed by atoms with Crippen LogP contribution in [0.25, 0.3) is 0 Å². The minimum atomic E-state index is 0.281. The molecule has 1 N–H and O–H groups in total. The van der Waals surface area contributed by atoms with Crippen LogP contribution < -0.4 is 0 Å². The number of fused-ring (bicyclic) bond motifs is 1. The van der Waals surface area contributed by atoms with E-state index in [1.807, 2.05) is 0 Å². The van der Waals surface area contributed by atoms with Crippen LogP contribution in [0.3, 0.4) is 0 Å². The molecule has 0 amide bonds. The summed E-state index contributed by atoms with van der Waals surface area (Å²) in [5, 5.41) is 8.95. The van der Waals surface area contributed by atoms with Crippen molar-refractivity contribution >= 4 is 0 Å². The van der Waals surface area contributed by atoms with Gasteiger partial charge in [0.25, 0.3) is 0 Å². The molecule has 0 radical (unpaired) electrons. The van der Waals surface area contributed by atoms with Crippen LogP contribution >= 0.6 is 0 Å². The quantitative estimate of drug-likeness (QED) is 0.679. The lowest BCUT2D eigenvalue weighted by molar-refractivity contribution is 0.120. The second-order valence-electron chi connectivity index (χ2n) is 4.09. The highest BCUT2D eigenvalue weighted by molar-refractivity contribution is 4.86. The Labute approximate surface area is 79.7 Å². The van der Waals surface area contributed by atoms with Gasteiger partial charge in [0.1, 0.15) is 0 Å². The zero-order valence-corrected chi connectivity index (χ0v) is 8.11. The first kappa shape index (κ1) is 9.44. The second-order valence-corrected chi connectivity index (χ2v) is 4.09. The largest absolute Gasteiger partial charge is 0.395 e. The lowest BCUT2D eigenvalue weighted by atomic mass is 10.0. The molecule has 0 aromatic rings. The van der Waals surface area contributed by atoms with Crippen LogP contribution in [0.1, 0.15) is 19.3 Å². The van der Waals surface area contributed by atoms with E-state index in [4.69, 9.17) is 9.84 Å². The molecule has 0 bridgehead atoms. The first-order valence-corrected chi connectivity index (χ1v) is 5.34. The molecule has 2 fully saturated rings. The standard InChI is InChI=1S/C10H19NO2/c12-6-4-11-5-7-13-8-9-2-1-3-10(9)11/h9-10,12H,1-8H2/t9-,10-/m1/s1. The molecule has 2 aliphatic rings. The van der Waals surface area contributed by atoms with Crippen molar-refractivity contribution in [1.82, 2.24) is 4.90 Å². The maximum absolute atomic E-state index is 8.95. The van der Waals surface area contributed by atoms with Crippen LogP contribution in [0, 0.1) is 5.92 Å². The third-order valence-corrected chi connectivity index (χ3v) is 3.33. The van der Waals surface area contributed by atoms with E-state index in [1.165, 1.54) is 19.3 Å². The summed E-state index contributed by atoms with van der Waals surface area (Å²) >= 11 is 0. The SMILES string of the molecule is OCCN1CCOC[C@H]2CCC[C@H]21. The third kappa shape index (κ3) is 2.03. The Kier molecular flexibility index (Phi) is 3.19. The molecule has 0 aromatic carbocycles. The fraction of sp³-hybridized carbons (Fsp3) is 1.00. The summed E-state index contributed by atoms with van der Waals surface area (Å²) in [6, 6.07) is 0.689. The van der Waals surface area contributed by atoms with Gasteiger partial charge in [-0.15, -0.1) is 0 Å².